The highest BCUT2D eigenvalue weighted by atomic mass is 79.9. The van der Waals surface area contributed by atoms with Crippen molar-refractivity contribution in [2.75, 3.05) is 13.1 Å². The molecule has 1 aliphatic heterocycles. The summed E-state index contributed by atoms with van der Waals surface area (Å²) in [6.45, 7) is 1.60. The molecule has 1 aromatic carbocycles. The maximum atomic E-state index is 14.0. The van der Waals surface area contributed by atoms with Crippen LogP contribution in [0.3, 0.4) is 0 Å². The standard InChI is InChI=1S/C14H17BrFNO/c15-10-3-4-11(12(16)7-10)13-8-17-9-14(18-13)5-1-2-6-14/h3-4,7,13,17H,1-2,5-6,8-9H2. The summed E-state index contributed by atoms with van der Waals surface area (Å²) in [5, 5.41) is 3.40. The molecule has 1 aliphatic carbocycles. The second kappa shape index (κ2) is 4.91. The van der Waals surface area contributed by atoms with Gasteiger partial charge in [-0.2, -0.15) is 0 Å². The highest BCUT2D eigenvalue weighted by molar-refractivity contribution is 9.10. The second-order valence-corrected chi connectivity index (χ2v) is 6.21. The van der Waals surface area contributed by atoms with E-state index in [4.69, 9.17) is 4.74 Å². The fraction of sp³-hybridized carbons (Fsp3) is 0.571. The lowest BCUT2D eigenvalue weighted by molar-refractivity contribution is -0.115. The lowest BCUT2D eigenvalue weighted by Crippen LogP contribution is -2.49. The summed E-state index contributed by atoms with van der Waals surface area (Å²) in [5.41, 5.74) is 0.610. The Balaban J connectivity index is 1.83. The summed E-state index contributed by atoms with van der Waals surface area (Å²) >= 11 is 3.28. The molecular weight excluding hydrogens is 297 g/mol. The molecule has 18 heavy (non-hydrogen) atoms. The van der Waals surface area contributed by atoms with Crippen LogP contribution in [0.15, 0.2) is 22.7 Å². The second-order valence-electron chi connectivity index (χ2n) is 5.29. The molecule has 1 atom stereocenters. The molecular formula is C14H17BrFNO. The van der Waals surface area contributed by atoms with Crippen molar-refractivity contribution in [1.82, 2.24) is 5.32 Å². The first-order chi connectivity index (χ1) is 8.69. The van der Waals surface area contributed by atoms with Crippen LogP contribution in [0.25, 0.3) is 0 Å². The molecule has 3 rings (SSSR count). The van der Waals surface area contributed by atoms with Gasteiger partial charge in [0.1, 0.15) is 5.82 Å². The zero-order valence-corrected chi connectivity index (χ0v) is 11.8. The minimum Gasteiger partial charge on any atom is -0.364 e. The highest BCUT2D eigenvalue weighted by Crippen LogP contribution is 2.39. The predicted octanol–water partition coefficient (Wildman–Crippen LogP) is 3.56. The Labute approximate surface area is 115 Å². The third-order valence-electron chi connectivity index (χ3n) is 3.99. The number of halogens is 2. The van der Waals surface area contributed by atoms with E-state index in [1.54, 1.807) is 0 Å². The smallest absolute Gasteiger partial charge is 0.130 e. The lowest BCUT2D eigenvalue weighted by atomic mass is 9.97. The molecule has 0 amide bonds. The fourth-order valence-electron chi connectivity index (χ4n) is 3.07. The molecule has 2 aliphatic rings. The highest BCUT2D eigenvalue weighted by Gasteiger charge is 2.40. The number of ether oxygens (including phenoxy) is 1. The summed E-state index contributed by atoms with van der Waals surface area (Å²) in [4.78, 5) is 0. The fourth-order valence-corrected chi connectivity index (χ4v) is 3.40. The van der Waals surface area contributed by atoms with Crippen LogP contribution in [0, 0.1) is 5.82 Å². The van der Waals surface area contributed by atoms with E-state index in [2.05, 4.69) is 21.2 Å². The van der Waals surface area contributed by atoms with Crippen LogP contribution in [-0.4, -0.2) is 18.7 Å². The number of rotatable bonds is 1. The zero-order valence-electron chi connectivity index (χ0n) is 10.2. The molecule has 1 heterocycles. The van der Waals surface area contributed by atoms with Crippen molar-refractivity contribution >= 4 is 15.9 Å². The van der Waals surface area contributed by atoms with E-state index in [1.165, 1.54) is 18.9 Å². The first-order valence-corrected chi connectivity index (χ1v) is 7.31. The third kappa shape index (κ3) is 2.33. The van der Waals surface area contributed by atoms with Crippen LogP contribution in [0.4, 0.5) is 4.39 Å². The topological polar surface area (TPSA) is 21.3 Å². The van der Waals surface area contributed by atoms with E-state index < -0.39 is 0 Å². The molecule has 0 aromatic heterocycles. The minimum atomic E-state index is -0.189. The number of hydrogen-bond acceptors (Lipinski definition) is 2. The Morgan fingerprint density at radius 3 is 2.83 bits per heavy atom. The number of benzene rings is 1. The van der Waals surface area contributed by atoms with Crippen LogP contribution in [0.5, 0.6) is 0 Å². The third-order valence-corrected chi connectivity index (χ3v) is 4.49. The van der Waals surface area contributed by atoms with Gasteiger partial charge >= 0.3 is 0 Å². The van der Waals surface area contributed by atoms with E-state index >= 15 is 0 Å². The molecule has 1 unspecified atom stereocenters. The van der Waals surface area contributed by atoms with Crippen LogP contribution in [0.1, 0.15) is 37.4 Å². The Morgan fingerprint density at radius 2 is 2.11 bits per heavy atom. The number of nitrogens with one attached hydrogen (secondary N) is 1. The van der Waals surface area contributed by atoms with Gasteiger partial charge < -0.3 is 10.1 Å². The number of hydrogen-bond donors (Lipinski definition) is 1. The van der Waals surface area contributed by atoms with Gasteiger partial charge in [-0.3, -0.25) is 0 Å². The molecule has 4 heteroatoms. The first-order valence-electron chi connectivity index (χ1n) is 6.52. The van der Waals surface area contributed by atoms with Crippen LogP contribution < -0.4 is 5.32 Å². The van der Waals surface area contributed by atoms with Gasteiger partial charge in [0.05, 0.1) is 11.7 Å². The minimum absolute atomic E-state index is 0.0531. The van der Waals surface area contributed by atoms with Crippen molar-refractivity contribution in [3.8, 4) is 0 Å². The predicted molar refractivity (Wildman–Crippen MR) is 72.0 cm³/mol. The van der Waals surface area contributed by atoms with Gasteiger partial charge in [0.2, 0.25) is 0 Å². The van der Waals surface area contributed by atoms with E-state index in [-0.39, 0.29) is 17.5 Å². The largest absolute Gasteiger partial charge is 0.364 e. The van der Waals surface area contributed by atoms with E-state index in [1.807, 2.05) is 12.1 Å². The molecule has 1 saturated carbocycles. The van der Waals surface area contributed by atoms with Gasteiger partial charge in [-0.1, -0.05) is 34.8 Å². The SMILES string of the molecule is Fc1cc(Br)ccc1C1CNCC2(CCCC2)O1. The van der Waals surface area contributed by atoms with Gasteiger partial charge in [-0.25, -0.2) is 4.39 Å². The molecule has 0 bridgehead atoms. The van der Waals surface area contributed by atoms with Crippen molar-refractivity contribution in [3.05, 3.63) is 34.1 Å². The Hall–Kier alpha value is -0.450. The molecule has 1 aromatic rings. The molecule has 98 valence electrons. The summed E-state index contributed by atoms with van der Waals surface area (Å²) in [5.74, 6) is -0.189. The zero-order chi connectivity index (χ0) is 12.6. The van der Waals surface area contributed by atoms with Crippen molar-refractivity contribution in [2.45, 2.75) is 37.4 Å². The molecule has 1 saturated heterocycles. The van der Waals surface area contributed by atoms with Crippen LogP contribution >= 0.6 is 15.9 Å². The molecule has 1 N–H and O–H groups in total. The van der Waals surface area contributed by atoms with Gasteiger partial charge in [-0.15, -0.1) is 0 Å². The van der Waals surface area contributed by atoms with Crippen molar-refractivity contribution < 1.29 is 9.13 Å². The lowest BCUT2D eigenvalue weighted by Gasteiger charge is -2.39. The van der Waals surface area contributed by atoms with Gasteiger partial charge in [-0.05, 0) is 25.0 Å². The summed E-state index contributed by atoms with van der Waals surface area (Å²) in [6.07, 6.45) is 4.46. The Kier molecular flexibility index (Phi) is 3.43. The first kappa shape index (κ1) is 12.6. The summed E-state index contributed by atoms with van der Waals surface area (Å²) in [7, 11) is 0. The van der Waals surface area contributed by atoms with Gasteiger partial charge in [0, 0.05) is 23.1 Å². The van der Waals surface area contributed by atoms with Crippen molar-refractivity contribution in [2.24, 2.45) is 0 Å². The summed E-state index contributed by atoms with van der Waals surface area (Å²) in [6, 6.07) is 5.20. The van der Waals surface area contributed by atoms with E-state index in [0.717, 1.165) is 23.9 Å². The Morgan fingerprint density at radius 1 is 1.33 bits per heavy atom. The van der Waals surface area contributed by atoms with Gasteiger partial charge in [0.25, 0.3) is 0 Å². The molecule has 1 spiro atoms. The summed E-state index contributed by atoms with van der Waals surface area (Å²) < 4.78 is 21.0. The average Bonchev–Trinajstić information content (AvgIpc) is 2.77. The van der Waals surface area contributed by atoms with Crippen LogP contribution in [-0.2, 0) is 4.74 Å². The quantitative estimate of drug-likeness (QED) is 0.856. The van der Waals surface area contributed by atoms with E-state index in [9.17, 15) is 4.39 Å². The van der Waals surface area contributed by atoms with Crippen molar-refractivity contribution in [3.63, 3.8) is 0 Å². The maximum absolute atomic E-state index is 14.0. The molecule has 2 fully saturated rings. The normalized spacial score (nSPS) is 26.7. The van der Waals surface area contributed by atoms with Crippen LogP contribution in [0.2, 0.25) is 0 Å². The molecule has 2 nitrogen and oxygen atoms in total. The van der Waals surface area contributed by atoms with E-state index in [0.29, 0.717) is 12.1 Å². The maximum Gasteiger partial charge on any atom is 0.130 e. The van der Waals surface area contributed by atoms with Crippen molar-refractivity contribution in [1.29, 1.82) is 0 Å². The van der Waals surface area contributed by atoms with Gasteiger partial charge in [0.15, 0.2) is 0 Å². The number of morpholine rings is 1. The monoisotopic (exact) mass is 313 g/mol. The molecule has 0 radical (unpaired) electrons. The average molecular weight is 314 g/mol. The Bertz CT molecular complexity index is 445.